The quantitative estimate of drug-likeness (QED) is 0.543. The molecule has 2 rings (SSSR count). The first kappa shape index (κ1) is 22.1. The van der Waals surface area contributed by atoms with Gasteiger partial charge >= 0.3 is 23.7 Å². The molecule has 11 nitrogen and oxygen atoms in total. The summed E-state index contributed by atoms with van der Waals surface area (Å²) in [4.78, 5) is 51.1. The lowest BCUT2D eigenvalue weighted by Gasteiger charge is -2.24. The van der Waals surface area contributed by atoms with Crippen LogP contribution in [0.2, 0.25) is 0 Å². The Morgan fingerprint density at radius 3 is 2.45 bits per heavy atom. The van der Waals surface area contributed by atoms with E-state index in [1.54, 1.807) is 13.8 Å². The fraction of sp³-hybridized carbons (Fsp3) is 0.500. The molecule has 0 aromatic carbocycles. The molecule has 0 bridgehead atoms. The average molecular weight is 409 g/mol. The predicted octanol–water partition coefficient (Wildman–Crippen LogP) is 1.24. The highest BCUT2D eigenvalue weighted by Crippen LogP contribution is 2.33. The van der Waals surface area contributed by atoms with Gasteiger partial charge < -0.3 is 18.9 Å². The lowest BCUT2D eigenvalue weighted by Crippen LogP contribution is -2.40. The first-order chi connectivity index (χ1) is 13.7. The van der Waals surface area contributed by atoms with Gasteiger partial charge in [-0.2, -0.15) is 4.98 Å². The maximum absolute atomic E-state index is 12.6. The Morgan fingerprint density at radius 2 is 1.90 bits per heavy atom. The second-order valence-corrected chi connectivity index (χ2v) is 6.16. The number of carbonyl (C=O) groups excluding carboxylic acids is 3. The first-order valence-electron chi connectivity index (χ1n) is 8.87. The molecule has 1 saturated heterocycles. The van der Waals surface area contributed by atoms with Gasteiger partial charge in [0, 0.05) is 25.6 Å². The lowest BCUT2D eigenvalue weighted by atomic mass is 10.1. The molecule has 1 N–H and O–H groups in total. The summed E-state index contributed by atoms with van der Waals surface area (Å²) in [5.74, 6) is -1.28. The van der Waals surface area contributed by atoms with Gasteiger partial charge in [-0.05, 0) is 13.8 Å². The summed E-state index contributed by atoms with van der Waals surface area (Å²) < 4.78 is 22.1. The van der Waals surface area contributed by atoms with E-state index in [-0.39, 0.29) is 12.4 Å². The van der Waals surface area contributed by atoms with Gasteiger partial charge in [-0.15, -0.1) is 0 Å². The molecule has 0 unspecified atom stereocenters. The number of aromatic nitrogens is 2. The van der Waals surface area contributed by atoms with Crippen molar-refractivity contribution in [3.05, 3.63) is 28.8 Å². The van der Waals surface area contributed by atoms with Crippen LogP contribution in [0.25, 0.3) is 6.08 Å². The number of rotatable bonds is 6. The minimum absolute atomic E-state index is 0.0497. The highest BCUT2D eigenvalue weighted by Gasteiger charge is 2.48. The van der Waals surface area contributed by atoms with E-state index in [1.807, 2.05) is 0 Å². The van der Waals surface area contributed by atoms with E-state index >= 15 is 0 Å². The number of anilines is 1. The molecule has 1 aromatic rings. The van der Waals surface area contributed by atoms with Gasteiger partial charge in [0.25, 0.3) is 0 Å². The number of hydrogen-bond donors (Lipinski definition) is 1. The molecule has 2 heterocycles. The number of nitrogens with one attached hydrogen (secondary N) is 1. The molecule has 29 heavy (non-hydrogen) atoms. The third kappa shape index (κ3) is 5.19. The maximum Gasteiger partial charge on any atom is 0.412 e. The van der Waals surface area contributed by atoms with E-state index in [4.69, 9.17) is 18.9 Å². The van der Waals surface area contributed by atoms with Crippen molar-refractivity contribution < 1.29 is 33.3 Å². The van der Waals surface area contributed by atoms with Gasteiger partial charge in [0.05, 0.1) is 12.7 Å². The zero-order valence-electron chi connectivity index (χ0n) is 16.5. The topological polar surface area (TPSA) is 135 Å². The molecule has 11 heteroatoms. The highest BCUT2D eigenvalue weighted by atomic mass is 16.6. The van der Waals surface area contributed by atoms with Gasteiger partial charge in [-0.1, -0.05) is 12.7 Å². The summed E-state index contributed by atoms with van der Waals surface area (Å²) in [7, 11) is 0. The van der Waals surface area contributed by atoms with E-state index in [0.717, 1.165) is 4.57 Å². The molecule has 1 aliphatic heterocycles. The number of ether oxygens (including phenoxy) is 4. The summed E-state index contributed by atoms with van der Waals surface area (Å²) >= 11 is 0. The van der Waals surface area contributed by atoms with Crippen LogP contribution in [0.1, 0.15) is 39.5 Å². The number of amides is 1. The Morgan fingerprint density at radius 1 is 1.28 bits per heavy atom. The standard InChI is InChI=1S/C18H23N3O8/c1-6-12-8-21(17(24)19-15(12)20-18(25)26-7-2)16-14(29-11(5)23)13(9(3)27-16)28-10(4)22/h6,8-9,13-14,16H,1,7H2,2-5H3,(H,19,20,24,25)/t9-,13-,14-,16-/m1/s1. The largest absolute Gasteiger partial charge is 0.456 e. The molecular weight excluding hydrogens is 386 g/mol. The highest BCUT2D eigenvalue weighted by molar-refractivity contribution is 5.85. The van der Waals surface area contributed by atoms with Crippen LogP contribution in [0.3, 0.4) is 0 Å². The number of carbonyl (C=O) groups is 3. The van der Waals surface area contributed by atoms with Gasteiger partial charge in [-0.25, -0.2) is 9.59 Å². The summed E-state index contributed by atoms with van der Waals surface area (Å²) in [6, 6.07) is 0. The number of esters is 2. The molecule has 1 aliphatic rings. The van der Waals surface area contributed by atoms with Crippen LogP contribution in [-0.2, 0) is 28.5 Å². The Balaban J connectivity index is 2.44. The molecule has 0 spiro atoms. The van der Waals surface area contributed by atoms with E-state index in [9.17, 15) is 19.2 Å². The molecule has 0 saturated carbocycles. The SMILES string of the molecule is C=Cc1cn([C@@H]2O[C@H](C)[C@@H](OC(C)=O)[C@H]2OC(C)=O)c(=O)nc1NC(=O)OCC. The Bertz CT molecular complexity index is 865. The molecule has 0 radical (unpaired) electrons. The van der Waals surface area contributed by atoms with E-state index in [1.165, 1.54) is 26.1 Å². The summed E-state index contributed by atoms with van der Waals surface area (Å²) in [5, 5.41) is 2.36. The molecule has 158 valence electrons. The van der Waals surface area contributed by atoms with Crippen LogP contribution >= 0.6 is 0 Å². The lowest BCUT2D eigenvalue weighted by molar-refractivity contribution is -0.165. The monoisotopic (exact) mass is 409 g/mol. The minimum Gasteiger partial charge on any atom is -0.456 e. The zero-order valence-corrected chi connectivity index (χ0v) is 16.5. The zero-order chi connectivity index (χ0) is 21.7. The van der Waals surface area contributed by atoms with Gasteiger partial charge in [-0.3, -0.25) is 19.5 Å². The number of nitrogens with zero attached hydrogens (tertiary/aromatic N) is 2. The van der Waals surface area contributed by atoms with Crippen LogP contribution in [0.15, 0.2) is 17.6 Å². The van der Waals surface area contributed by atoms with Crippen molar-refractivity contribution in [3.8, 4) is 0 Å². The van der Waals surface area contributed by atoms with Crippen molar-refractivity contribution in [3.63, 3.8) is 0 Å². The second kappa shape index (κ2) is 9.32. The van der Waals surface area contributed by atoms with Crippen molar-refractivity contribution in [1.82, 2.24) is 9.55 Å². The molecule has 1 aromatic heterocycles. The first-order valence-corrected chi connectivity index (χ1v) is 8.87. The molecule has 1 fully saturated rings. The normalized spacial score (nSPS) is 23.2. The molecule has 1 amide bonds. The molecule has 4 atom stereocenters. The molecule has 0 aliphatic carbocycles. The Kier molecular flexibility index (Phi) is 7.10. The smallest absolute Gasteiger partial charge is 0.412 e. The fourth-order valence-electron chi connectivity index (χ4n) is 2.88. The Labute approximate surface area is 166 Å². The van der Waals surface area contributed by atoms with Crippen LogP contribution in [0, 0.1) is 0 Å². The summed E-state index contributed by atoms with van der Waals surface area (Å²) in [6.07, 6.45) is -1.83. The predicted molar refractivity (Wildman–Crippen MR) is 99.9 cm³/mol. The average Bonchev–Trinajstić information content (AvgIpc) is 2.90. The van der Waals surface area contributed by atoms with Crippen molar-refractivity contribution >= 4 is 29.9 Å². The van der Waals surface area contributed by atoms with Crippen LogP contribution in [0.4, 0.5) is 10.6 Å². The van der Waals surface area contributed by atoms with Crippen LogP contribution < -0.4 is 11.0 Å². The summed E-state index contributed by atoms with van der Waals surface area (Å²) in [6.45, 7) is 9.43. The van der Waals surface area contributed by atoms with Crippen molar-refractivity contribution in [2.45, 2.75) is 52.2 Å². The van der Waals surface area contributed by atoms with E-state index in [0.29, 0.717) is 5.56 Å². The second-order valence-electron chi connectivity index (χ2n) is 6.16. The summed E-state index contributed by atoms with van der Waals surface area (Å²) in [5.41, 5.74) is -0.494. The van der Waals surface area contributed by atoms with Crippen LogP contribution in [-0.4, -0.2) is 52.5 Å². The Hall–Kier alpha value is -3.21. The number of hydrogen-bond acceptors (Lipinski definition) is 9. The fourth-order valence-corrected chi connectivity index (χ4v) is 2.88. The van der Waals surface area contributed by atoms with Crippen molar-refractivity contribution in [2.75, 3.05) is 11.9 Å². The van der Waals surface area contributed by atoms with Gasteiger partial charge in [0.15, 0.2) is 18.4 Å². The van der Waals surface area contributed by atoms with Gasteiger partial charge in [0.2, 0.25) is 0 Å². The third-order valence-corrected chi connectivity index (χ3v) is 4.00. The van der Waals surface area contributed by atoms with E-state index < -0.39 is 48.3 Å². The third-order valence-electron chi connectivity index (χ3n) is 4.00. The minimum atomic E-state index is -1.10. The molecular formula is C18H23N3O8. The van der Waals surface area contributed by atoms with Gasteiger partial charge in [0.1, 0.15) is 5.82 Å². The maximum atomic E-state index is 12.6. The van der Waals surface area contributed by atoms with E-state index in [2.05, 4.69) is 16.9 Å². The van der Waals surface area contributed by atoms with Crippen molar-refractivity contribution in [1.29, 1.82) is 0 Å². The van der Waals surface area contributed by atoms with Crippen LogP contribution in [0.5, 0.6) is 0 Å². The van der Waals surface area contributed by atoms with Crippen molar-refractivity contribution in [2.24, 2.45) is 0 Å².